The lowest BCUT2D eigenvalue weighted by Gasteiger charge is -1.96. The third kappa shape index (κ3) is 6.02. The molecule has 0 aromatic carbocycles. The van der Waals surface area contributed by atoms with E-state index in [2.05, 4.69) is 11.9 Å². The van der Waals surface area contributed by atoms with Gasteiger partial charge in [0, 0.05) is 22.8 Å². The second kappa shape index (κ2) is 5.28. The Labute approximate surface area is 77.4 Å². The minimum absolute atomic E-state index is 0.567. The quantitative estimate of drug-likeness (QED) is 0.677. The van der Waals surface area contributed by atoms with Crippen LogP contribution in [0.15, 0.2) is 34.5 Å². The fourth-order valence-electron chi connectivity index (χ4n) is 0.470. The van der Waals surface area contributed by atoms with Crippen LogP contribution in [0.4, 0.5) is 0 Å². The molecule has 1 N–H and O–H groups in total. The highest BCUT2D eigenvalue weighted by molar-refractivity contribution is 6.34. The van der Waals surface area contributed by atoms with Crippen molar-refractivity contribution in [3.8, 4) is 0 Å². The van der Waals surface area contributed by atoms with Crippen molar-refractivity contribution < 1.29 is 0 Å². The van der Waals surface area contributed by atoms with Crippen molar-refractivity contribution in [1.29, 1.82) is 0 Å². The van der Waals surface area contributed by atoms with Gasteiger partial charge in [0.2, 0.25) is 0 Å². The maximum Gasteiger partial charge on any atom is 0.0437 e. The van der Waals surface area contributed by atoms with Crippen LogP contribution in [0.2, 0.25) is 0 Å². The Bertz CT molecular complexity index is 200. The molecule has 0 rings (SSSR count). The summed E-state index contributed by atoms with van der Waals surface area (Å²) in [6.45, 7) is 5.44. The second-order valence-electron chi connectivity index (χ2n) is 2.04. The van der Waals surface area contributed by atoms with Gasteiger partial charge < -0.3 is 5.32 Å². The number of hydrogen-bond acceptors (Lipinski definition) is 1. The topological polar surface area (TPSA) is 12.0 Å². The van der Waals surface area contributed by atoms with E-state index < -0.39 is 0 Å². The van der Waals surface area contributed by atoms with E-state index in [0.29, 0.717) is 10.1 Å². The van der Waals surface area contributed by atoms with Crippen LogP contribution in [-0.2, 0) is 0 Å². The number of hydrogen-bond donors (Lipinski definition) is 1. The second-order valence-corrected chi connectivity index (χ2v) is 3.07. The number of allylic oxidation sites excluding steroid dienone is 4. The maximum atomic E-state index is 5.75. The molecule has 0 aromatic heterocycles. The molecule has 0 aliphatic carbocycles. The first kappa shape index (κ1) is 10.6. The minimum Gasteiger partial charge on any atom is -0.389 e. The van der Waals surface area contributed by atoms with Gasteiger partial charge in [0.15, 0.2) is 0 Å². The maximum absolute atomic E-state index is 5.75. The third-order valence-electron chi connectivity index (χ3n) is 0.970. The standard InChI is InChI=1S/C8H11Cl2N/c1-6(9)4-8(10)5-7(2)11-3/h4-5,11H,2H2,1,3H3/b6-4+,8-5+. The lowest BCUT2D eigenvalue weighted by atomic mass is 10.4. The van der Waals surface area contributed by atoms with Crippen molar-refractivity contribution in [2.45, 2.75) is 6.92 Å². The fourth-order valence-corrected chi connectivity index (χ4v) is 0.939. The van der Waals surface area contributed by atoms with Crippen molar-refractivity contribution >= 4 is 23.2 Å². The highest BCUT2D eigenvalue weighted by atomic mass is 35.5. The van der Waals surface area contributed by atoms with E-state index in [1.807, 2.05) is 0 Å². The monoisotopic (exact) mass is 191 g/mol. The molecule has 0 bridgehead atoms. The highest BCUT2D eigenvalue weighted by Gasteiger charge is 1.88. The molecule has 11 heavy (non-hydrogen) atoms. The molecule has 0 radical (unpaired) electrons. The third-order valence-corrected chi connectivity index (χ3v) is 1.30. The molecule has 0 aromatic rings. The zero-order chi connectivity index (χ0) is 8.85. The zero-order valence-corrected chi connectivity index (χ0v) is 8.13. The molecular formula is C8H11Cl2N. The summed E-state index contributed by atoms with van der Waals surface area (Å²) in [6, 6.07) is 0. The summed E-state index contributed by atoms with van der Waals surface area (Å²) >= 11 is 11.3. The molecule has 0 fully saturated rings. The number of nitrogens with one attached hydrogen (secondary N) is 1. The van der Waals surface area contributed by atoms with Gasteiger partial charge in [-0.2, -0.15) is 0 Å². The van der Waals surface area contributed by atoms with Crippen LogP contribution < -0.4 is 5.32 Å². The molecule has 0 spiro atoms. The first-order chi connectivity index (χ1) is 5.06. The number of likely N-dealkylation sites (N-methyl/N-ethyl adjacent to an activating group) is 1. The average Bonchev–Trinajstić information content (AvgIpc) is 1.85. The summed E-state index contributed by atoms with van der Waals surface area (Å²) in [5.41, 5.74) is 0.754. The number of rotatable bonds is 3. The lowest BCUT2D eigenvalue weighted by Crippen LogP contribution is -2.00. The van der Waals surface area contributed by atoms with Crippen LogP contribution in [0.5, 0.6) is 0 Å². The predicted molar refractivity (Wildman–Crippen MR) is 51.7 cm³/mol. The Morgan fingerprint density at radius 1 is 1.36 bits per heavy atom. The summed E-state index contributed by atoms with van der Waals surface area (Å²) in [5.74, 6) is 0. The van der Waals surface area contributed by atoms with E-state index in [0.717, 1.165) is 5.70 Å². The molecular weight excluding hydrogens is 181 g/mol. The Morgan fingerprint density at radius 3 is 2.27 bits per heavy atom. The molecule has 0 atom stereocenters. The Balaban J connectivity index is 4.23. The first-order valence-corrected chi connectivity index (χ1v) is 3.89. The van der Waals surface area contributed by atoms with E-state index >= 15 is 0 Å². The fraction of sp³-hybridized carbons (Fsp3) is 0.250. The molecule has 0 saturated heterocycles. The zero-order valence-electron chi connectivity index (χ0n) is 6.62. The summed E-state index contributed by atoms with van der Waals surface area (Å²) in [6.07, 6.45) is 3.36. The largest absolute Gasteiger partial charge is 0.389 e. The molecule has 0 saturated carbocycles. The minimum atomic E-state index is 0.567. The van der Waals surface area contributed by atoms with E-state index in [1.54, 1.807) is 26.1 Å². The SMILES string of the molecule is C=C(/C=C(Cl)\C=C(/C)Cl)NC. The molecule has 3 heteroatoms. The van der Waals surface area contributed by atoms with Gasteiger partial charge in [-0.05, 0) is 19.1 Å². The summed E-state index contributed by atoms with van der Waals surface area (Å²) < 4.78 is 0. The van der Waals surface area contributed by atoms with Crippen molar-refractivity contribution in [2.24, 2.45) is 0 Å². The molecule has 0 unspecified atom stereocenters. The molecule has 1 nitrogen and oxygen atoms in total. The smallest absolute Gasteiger partial charge is 0.0437 e. The molecule has 0 heterocycles. The van der Waals surface area contributed by atoms with Crippen LogP contribution in [-0.4, -0.2) is 7.05 Å². The predicted octanol–water partition coefficient (Wildman–Crippen LogP) is 2.98. The van der Waals surface area contributed by atoms with Gasteiger partial charge in [-0.1, -0.05) is 29.8 Å². The van der Waals surface area contributed by atoms with Crippen LogP contribution in [0.3, 0.4) is 0 Å². The van der Waals surface area contributed by atoms with Crippen molar-refractivity contribution in [1.82, 2.24) is 5.32 Å². The van der Waals surface area contributed by atoms with Crippen molar-refractivity contribution in [3.63, 3.8) is 0 Å². The van der Waals surface area contributed by atoms with Gasteiger partial charge in [-0.15, -0.1) is 0 Å². The van der Waals surface area contributed by atoms with Gasteiger partial charge in [0.25, 0.3) is 0 Å². The van der Waals surface area contributed by atoms with E-state index in [4.69, 9.17) is 23.2 Å². The van der Waals surface area contributed by atoms with Crippen molar-refractivity contribution in [2.75, 3.05) is 7.05 Å². The molecule has 0 aliphatic heterocycles. The van der Waals surface area contributed by atoms with E-state index in [9.17, 15) is 0 Å². The number of halogens is 2. The van der Waals surface area contributed by atoms with Gasteiger partial charge >= 0.3 is 0 Å². The average molecular weight is 192 g/mol. The molecule has 0 aliphatic rings. The normalized spacial score (nSPS) is 13.1. The summed E-state index contributed by atoms with van der Waals surface area (Å²) in [4.78, 5) is 0. The first-order valence-electron chi connectivity index (χ1n) is 3.14. The Morgan fingerprint density at radius 2 is 1.91 bits per heavy atom. The summed E-state index contributed by atoms with van der Waals surface area (Å²) in [5, 5.41) is 4.06. The summed E-state index contributed by atoms with van der Waals surface area (Å²) in [7, 11) is 1.78. The molecule has 62 valence electrons. The van der Waals surface area contributed by atoms with Crippen LogP contribution in [0, 0.1) is 0 Å². The van der Waals surface area contributed by atoms with E-state index in [1.165, 1.54) is 0 Å². The van der Waals surface area contributed by atoms with E-state index in [-0.39, 0.29) is 0 Å². The van der Waals surface area contributed by atoms with Gasteiger partial charge in [-0.25, -0.2) is 0 Å². The Kier molecular flexibility index (Phi) is 5.08. The highest BCUT2D eigenvalue weighted by Crippen LogP contribution is 2.10. The van der Waals surface area contributed by atoms with Crippen LogP contribution >= 0.6 is 23.2 Å². The Hall–Kier alpha value is -0.400. The van der Waals surface area contributed by atoms with Gasteiger partial charge in [-0.3, -0.25) is 0 Å². The lowest BCUT2D eigenvalue weighted by molar-refractivity contribution is 1.04. The van der Waals surface area contributed by atoms with Crippen LogP contribution in [0.25, 0.3) is 0 Å². The molecule has 0 amide bonds. The van der Waals surface area contributed by atoms with Gasteiger partial charge in [0.1, 0.15) is 0 Å². The van der Waals surface area contributed by atoms with Crippen LogP contribution in [0.1, 0.15) is 6.92 Å². The van der Waals surface area contributed by atoms with Gasteiger partial charge in [0.05, 0.1) is 0 Å². The van der Waals surface area contributed by atoms with Crippen molar-refractivity contribution in [3.05, 3.63) is 34.5 Å².